The minimum absolute atomic E-state index is 0.0932. The van der Waals surface area contributed by atoms with E-state index >= 15 is 0 Å². The number of halogens is 1. The number of quaternary nitrogens is 1. The molecular formula is C19H21ClN5O4+. The van der Waals surface area contributed by atoms with Crippen molar-refractivity contribution in [3.05, 3.63) is 35.2 Å². The Morgan fingerprint density at radius 3 is 2.41 bits per heavy atom. The molecule has 1 aromatic heterocycles. The number of hydrogen-bond acceptors (Lipinski definition) is 6. The molecule has 2 heterocycles. The average molecular weight is 419 g/mol. The molecule has 10 heteroatoms. The molecule has 152 valence electrons. The van der Waals surface area contributed by atoms with Gasteiger partial charge in [0.1, 0.15) is 0 Å². The fourth-order valence-electron chi connectivity index (χ4n) is 3.37. The summed E-state index contributed by atoms with van der Waals surface area (Å²) < 4.78 is 5.76. The molecule has 1 atom stereocenters. The van der Waals surface area contributed by atoms with Gasteiger partial charge in [0.2, 0.25) is 5.89 Å². The lowest BCUT2D eigenvalue weighted by Gasteiger charge is -2.23. The van der Waals surface area contributed by atoms with Crippen molar-refractivity contribution in [2.75, 3.05) is 6.67 Å². The average Bonchev–Trinajstić information content (AvgIpc) is 3.39. The van der Waals surface area contributed by atoms with Gasteiger partial charge in [-0.15, -0.1) is 10.2 Å². The Balaban J connectivity index is 1.48. The zero-order valence-corrected chi connectivity index (χ0v) is 16.8. The van der Waals surface area contributed by atoms with E-state index in [0.717, 1.165) is 33.1 Å². The SMILES string of the molecule is CC(C)N1C(=O)C(=O)N(C[NH+](Cc2nnc(-c3ccc(Cl)cc3)o2)C2CC2)C1=O. The molecule has 4 rings (SSSR count). The third-order valence-corrected chi connectivity index (χ3v) is 5.30. The summed E-state index contributed by atoms with van der Waals surface area (Å²) in [5.41, 5.74) is 0.754. The van der Waals surface area contributed by atoms with Crippen molar-refractivity contribution >= 4 is 29.4 Å². The summed E-state index contributed by atoms with van der Waals surface area (Å²) in [5, 5.41) is 8.79. The number of carbonyl (C=O) groups excluding carboxylic acids is 3. The number of amides is 4. The van der Waals surface area contributed by atoms with Crippen LogP contribution in [-0.2, 0) is 16.1 Å². The monoisotopic (exact) mass is 418 g/mol. The number of rotatable bonds is 7. The van der Waals surface area contributed by atoms with Crippen LogP contribution in [-0.4, -0.2) is 56.6 Å². The van der Waals surface area contributed by atoms with Crippen molar-refractivity contribution in [1.82, 2.24) is 20.0 Å². The maximum atomic E-state index is 12.6. The van der Waals surface area contributed by atoms with Crippen LogP contribution in [0.4, 0.5) is 4.79 Å². The third kappa shape index (κ3) is 3.88. The van der Waals surface area contributed by atoms with E-state index in [1.807, 2.05) is 0 Å². The second-order valence-electron chi connectivity index (χ2n) is 7.56. The first kappa shape index (κ1) is 19.5. The number of hydrogen-bond donors (Lipinski definition) is 1. The molecular weight excluding hydrogens is 398 g/mol. The molecule has 1 saturated carbocycles. The maximum absolute atomic E-state index is 12.6. The van der Waals surface area contributed by atoms with Gasteiger partial charge in [0.25, 0.3) is 5.89 Å². The lowest BCUT2D eigenvalue weighted by molar-refractivity contribution is -0.933. The van der Waals surface area contributed by atoms with Gasteiger partial charge in [-0.2, -0.15) is 0 Å². The molecule has 0 bridgehead atoms. The molecule has 1 saturated heterocycles. The first-order chi connectivity index (χ1) is 13.8. The largest absolute Gasteiger partial charge is 0.415 e. The summed E-state index contributed by atoms with van der Waals surface area (Å²) in [6.07, 6.45) is 1.96. The lowest BCUT2D eigenvalue weighted by atomic mass is 10.2. The zero-order chi connectivity index (χ0) is 20.7. The van der Waals surface area contributed by atoms with Crippen LogP contribution in [0, 0.1) is 0 Å². The van der Waals surface area contributed by atoms with Gasteiger partial charge in [-0.05, 0) is 38.1 Å². The highest BCUT2D eigenvalue weighted by Gasteiger charge is 2.48. The summed E-state index contributed by atoms with van der Waals surface area (Å²) in [6, 6.07) is 6.41. The molecule has 1 unspecified atom stereocenters. The van der Waals surface area contributed by atoms with Crippen molar-refractivity contribution in [3.63, 3.8) is 0 Å². The van der Waals surface area contributed by atoms with Crippen LogP contribution in [0.1, 0.15) is 32.6 Å². The standard InChI is InChI=1S/C19H20ClN5O4/c1-11(2)25-18(27)17(26)24(19(25)28)10-23(14-7-8-14)9-15-21-22-16(29-15)12-3-5-13(20)6-4-12/h3-6,11,14H,7-10H2,1-2H3/p+1. The van der Waals surface area contributed by atoms with E-state index in [1.54, 1.807) is 38.1 Å². The summed E-state index contributed by atoms with van der Waals surface area (Å²) in [6.45, 7) is 3.86. The smallest absolute Gasteiger partial charge is 0.338 e. The van der Waals surface area contributed by atoms with E-state index in [-0.39, 0.29) is 18.8 Å². The predicted octanol–water partition coefficient (Wildman–Crippen LogP) is 1.09. The van der Waals surface area contributed by atoms with E-state index < -0.39 is 17.8 Å². The van der Waals surface area contributed by atoms with Crippen LogP contribution in [0.3, 0.4) is 0 Å². The number of nitrogens with zero attached hydrogens (tertiary/aromatic N) is 4. The van der Waals surface area contributed by atoms with Crippen LogP contribution in [0.25, 0.3) is 11.5 Å². The first-order valence-electron chi connectivity index (χ1n) is 9.47. The van der Waals surface area contributed by atoms with E-state index in [9.17, 15) is 14.4 Å². The molecule has 1 aliphatic carbocycles. The molecule has 2 aromatic rings. The molecule has 4 amide bonds. The van der Waals surface area contributed by atoms with Gasteiger partial charge in [0.05, 0.1) is 6.04 Å². The number of imide groups is 2. The molecule has 0 radical (unpaired) electrons. The fraction of sp³-hybridized carbons (Fsp3) is 0.421. The predicted molar refractivity (Wildman–Crippen MR) is 102 cm³/mol. The lowest BCUT2D eigenvalue weighted by Crippen LogP contribution is -3.13. The number of nitrogens with one attached hydrogen (secondary N) is 1. The molecule has 9 nitrogen and oxygen atoms in total. The van der Waals surface area contributed by atoms with Crippen LogP contribution in [0.2, 0.25) is 5.02 Å². The second kappa shape index (κ2) is 7.57. The van der Waals surface area contributed by atoms with Crippen molar-refractivity contribution in [2.24, 2.45) is 0 Å². The van der Waals surface area contributed by atoms with E-state index in [4.69, 9.17) is 16.0 Å². The Kier molecular flexibility index (Phi) is 5.10. The Morgan fingerprint density at radius 1 is 1.14 bits per heavy atom. The molecule has 2 fully saturated rings. The highest BCUT2D eigenvalue weighted by atomic mass is 35.5. The molecule has 1 aliphatic heterocycles. The Morgan fingerprint density at radius 2 is 1.83 bits per heavy atom. The highest BCUT2D eigenvalue weighted by Crippen LogP contribution is 2.21. The summed E-state index contributed by atoms with van der Waals surface area (Å²) in [7, 11) is 0. The van der Waals surface area contributed by atoms with Gasteiger partial charge in [-0.1, -0.05) is 11.6 Å². The normalized spacial score (nSPS) is 18.3. The van der Waals surface area contributed by atoms with Crippen molar-refractivity contribution < 1.29 is 23.7 Å². The van der Waals surface area contributed by atoms with Crippen LogP contribution in [0.15, 0.2) is 28.7 Å². The minimum atomic E-state index is -0.783. The second-order valence-corrected chi connectivity index (χ2v) is 8.00. The van der Waals surface area contributed by atoms with Gasteiger partial charge in [0, 0.05) is 29.5 Å². The fourth-order valence-corrected chi connectivity index (χ4v) is 3.50. The number of aromatic nitrogens is 2. The van der Waals surface area contributed by atoms with Gasteiger partial charge in [0.15, 0.2) is 13.2 Å². The Labute approximate surface area is 172 Å². The Bertz CT molecular complexity index is 954. The minimum Gasteiger partial charge on any atom is -0.415 e. The number of carbonyl (C=O) groups is 3. The summed E-state index contributed by atoms with van der Waals surface area (Å²) >= 11 is 5.90. The van der Waals surface area contributed by atoms with Crippen LogP contribution in [0.5, 0.6) is 0 Å². The molecule has 0 spiro atoms. The van der Waals surface area contributed by atoms with Gasteiger partial charge < -0.3 is 9.32 Å². The Hall–Kier alpha value is -2.78. The van der Waals surface area contributed by atoms with Crippen molar-refractivity contribution in [2.45, 2.75) is 45.3 Å². The summed E-state index contributed by atoms with van der Waals surface area (Å²) in [4.78, 5) is 40.0. The van der Waals surface area contributed by atoms with Gasteiger partial charge in [-0.3, -0.25) is 14.5 Å². The number of urea groups is 1. The maximum Gasteiger partial charge on any atom is 0.338 e. The molecule has 2 aliphatic rings. The number of benzene rings is 1. The summed E-state index contributed by atoms with van der Waals surface area (Å²) in [5.74, 6) is -0.776. The molecule has 29 heavy (non-hydrogen) atoms. The van der Waals surface area contributed by atoms with Crippen LogP contribution < -0.4 is 4.90 Å². The molecule has 1 aromatic carbocycles. The van der Waals surface area contributed by atoms with Crippen LogP contribution >= 0.6 is 11.6 Å². The third-order valence-electron chi connectivity index (χ3n) is 5.05. The van der Waals surface area contributed by atoms with Crippen molar-refractivity contribution in [1.29, 1.82) is 0 Å². The van der Waals surface area contributed by atoms with Crippen molar-refractivity contribution in [3.8, 4) is 11.5 Å². The van der Waals surface area contributed by atoms with Gasteiger partial charge in [-0.25, -0.2) is 9.69 Å². The first-order valence-corrected chi connectivity index (χ1v) is 9.85. The van der Waals surface area contributed by atoms with E-state index in [2.05, 4.69) is 10.2 Å². The highest BCUT2D eigenvalue weighted by molar-refractivity contribution is 6.44. The van der Waals surface area contributed by atoms with E-state index in [0.29, 0.717) is 23.3 Å². The van der Waals surface area contributed by atoms with E-state index in [1.165, 1.54) is 0 Å². The zero-order valence-electron chi connectivity index (χ0n) is 16.1. The quantitative estimate of drug-likeness (QED) is 0.533. The topological polar surface area (TPSA) is 101 Å². The molecule has 1 N–H and O–H groups in total. The van der Waals surface area contributed by atoms with Gasteiger partial charge >= 0.3 is 17.8 Å².